The van der Waals surface area contributed by atoms with Crippen LogP contribution in [0.15, 0.2) is 10.6 Å². The number of alkyl carbamates (subject to hydrolysis) is 1. The lowest BCUT2D eigenvalue weighted by molar-refractivity contribution is -0.140. The third-order valence-electron chi connectivity index (χ3n) is 2.72. The largest absolute Gasteiger partial charge is 0.480 e. The van der Waals surface area contributed by atoms with Crippen LogP contribution in [0.2, 0.25) is 0 Å². The average molecular weight is 298 g/mol. The van der Waals surface area contributed by atoms with Gasteiger partial charge in [-0.05, 0) is 5.92 Å². The van der Waals surface area contributed by atoms with E-state index in [4.69, 9.17) is 14.4 Å². The zero-order valence-electron chi connectivity index (χ0n) is 12.1. The first-order valence-electron chi connectivity index (χ1n) is 6.50. The minimum Gasteiger partial charge on any atom is -0.480 e. The van der Waals surface area contributed by atoms with Gasteiger partial charge in [-0.2, -0.15) is 0 Å². The number of carbonyl (C=O) groups excluding carboxylic acids is 2. The number of hydrogen-bond acceptors (Lipinski definition) is 6. The molecule has 0 aliphatic rings. The number of aromatic nitrogens is 1. The van der Waals surface area contributed by atoms with E-state index < -0.39 is 18.1 Å². The van der Waals surface area contributed by atoms with Crippen molar-refractivity contribution in [1.29, 1.82) is 0 Å². The fourth-order valence-electron chi connectivity index (χ4n) is 1.51. The molecule has 0 radical (unpaired) electrons. The third kappa shape index (κ3) is 4.90. The number of nitrogens with one attached hydrogen (secondary N) is 1. The molecule has 1 aromatic heterocycles. The minimum absolute atomic E-state index is 0.169. The van der Waals surface area contributed by atoms with Crippen molar-refractivity contribution in [1.82, 2.24) is 10.5 Å². The lowest BCUT2D eigenvalue weighted by Gasteiger charge is -2.17. The number of nitrogens with zero attached hydrogens (tertiary/aromatic N) is 1. The summed E-state index contributed by atoms with van der Waals surface area (Å²) in [6.07, 6.45) is -0.585. The van der Waals surface area contributed by atoms with Crippen LogP contribution >= 0.6 is 0 Å². The topological polar surface area (TPSA) is 119 Å². The number of ether oxygens (including phenoxy) is 1. The van der Waals surface area contributed by atoms with Gasteiger partial charge in [-0.3, -0.25) is 4.79 Å². The van der Waals surface area contributed by atoms with Crippen LogP contribution in [0.4, 0.5) is 4.79 Å². The van der Waals surface area contributed by atoms with Crippen LogP contribution < -0.4 is 5.32 Å². The van der Waals surface area contributed by atoms with Gasteiger partial charge in [0.05, 0.1) is 0 Å². The number of hydrogen-bond donors (Lipinski definition) is 2. The van der Waals surface area contributed by atoms with E-state index in [0.29, 0.717) is 6.42 Å². The third-order valence-corrected chi connectivity index (χ3v) is 2.72. The lowest BCUT2D eigenvalue weighted by atomic mass is 10.1. The second-order valence-electron chi connectivity index (χ2n) is 4.74. The van der Waals surface area contributed by atoms with Crippen molar-refractivity contribution >= 4 is 17.8 Å². The van der Waals surface area contributed by atoms with Gasteiger partial charge < -0.3 is 19.7 Å². The summed E-state index contributed by atoms with van der Waals surface area (Å²) in [5.74, 6) is -1.40. The van der Waals surface area contributed by atoms with Crippen molar-refractivity contribution in [3.05, 3.63) is 17.5 Å². The van der Waals surface area contributed by atoms with E-state index in [1.807, 2.05) is 0 Å². The zero-order valence-corrected chi connectivity index (χ0v) is 12.1. The molecule has 1 rings (SSSR count). The number of carboxylic acids is 1. The summed E-state index contributed by atoms with van der Waals surface area (Å²) >= 11 is 0. The van der Waals surface area contributed by atoms with Crippen LogP contribution in [-0.2, 0) is 16.1 Å². The van der Waals surface area contributed by atoms with Crippen molar-refractivity contribution in [3.8, 4) is 0 Å². The Bertz CT molecular complexity index is 522. The van der Waals surface area contributed by atoms with Crippen molar-refractivity contribution in [2.24, 2.45) is 5.92 Å². The van der Waals surface area contributed by atoms with Gasteiger partial charge in [0.25, 0.3) is 0 Å². The number of carboxylic acid groups (broad SMARTS) is 1. The molecule has 0 unspecified atom stereocenters. The van der Waals surface area contributed by atoms with E-state index in [-0.39, 0.29) is 29.8 Å². The van der Waals surface area contributed by atoms with Gasteiger partial charge in [-0.15, -0.1) is 0 Å². The summed E-state index contributed by atoms with van der Waals surface area (Å²) in [5, 5.41) is 14.7. The maximum absolute atomic E-state index is 11.5. The number of rotatable bonds is 7. The fraction of sp³-hybridized carbons (Fsp3) is 0.538. The first-order chi connectivity index (χ1) is 9.85. The van der Waals surface area contributed by atoms with E-state index in [9.17, 15) is 14.4 Å². The molecule has 2 N–H and O–H groups in total. The van der Waals surface area contributed by atoms with Crippen LogP contribution in [0.3, 0.4) is 0 Å². The molecule has 0 aromatic carbocycles. The Morgan fingerprint density at radius 3 is 2.62 bits per heavy atom. The minimum atomic E-state index is -1.14. The average Bonchev–Trinajstić information content (AvgIpc) is 2.89. The highest BCUT2D eigenvalue weighted by molar-refractivity contribution is 5.93. The van der Waals surface area contributed by atoms with Gasteiger partial charge in [0.15, 0.2) is 18.2 Å². The number of aliphatic carboxylic acids is 1. The molecule has 0 saturated carbocycles. The Labute approximate surface area is 121 Å². The second kappa shape index (κ2) is 7.41. The monoisotopic (exact) mass is 298 g/mol. The van der Waals surface area contributed by atoms with Gasteiger partial charge in [0, 0.05) is 12.5 Å². The van der Waals surface area contributed by atoms with E-state index in [0.717, 1.165) is 0 Å². The summed E-state index contributed by atoms with van der Waals surface area (Å²) in [7, 11) is 0. The summed E-state index contributed by atoms with van der Waals surface area (Å²) in [6.45, 7) is 4.79. The summed E-state index contributed by atoms with van der Waals surface area (Å²) in [5.41, 5.74) is 0.169. The highest BCUT2D eigenvalue weighted by Crippen LogP contribution is 2.08. The van der Waals surface area contributed by atoms with Crippen LogP contribution in [0, 0.1) is 5.92 Å². The highest BCUT2D eigenvalue weighted by atomic mass is 16.6. The Hall–Kier alpha value is -2.38. The molecule has 116 valence electrons. The Morgan fingerprint density at radius 2 is 2.10 bits per heavy atom. The molecule has 0 fully saturated rings. The first-order valence-corrected chi connectivity index (χ1v) is 6.50. The fourth-order valence-corrected chi connectivity index (χ4v) is 1.51. The van der Waals surface area contributed by atoms with Crippen molar-refractivity contribution in [3.63, 3.8) is 0 Å². The molecule has 1 amide bonds. The van der Waals surface area contributed by atoms with E-state index in [1.165, 1.54) is 6.07 Å². The number of carbonyl (C=O) groups is 3. The Balaban J connectivity index is 2.51. The van der Waals surface area contributed by atoms with Crippen LogP contribution in [0.25, 0.3) is 0 Å². The quantitative estimate of drug-likeness (QED) is 0.734. The number of Topliss-reactive ketones (excluding diaryl/α,β-unsaturated/α-hetero) is 1. The van der Waals surface area contributed by atoms with Crippen LogP contribution in [0.5, 0.6) is 0 Å². The van der Waals surface area contributed by atoms with Crippen LogP contribution in [-0.4, -0.2) is 34.2 Å². The number of amides is 1. The smallest absolute Gasteiger partial charge is 0.408 e. The number of ketones is 1. The standard InChI is InChI=1S/C13H18N2O6/c1-4-10(16)9-5-8(21-15-9)6-20-13(19)14-11(7(2)3)12(17)18/h5,7,11H,4,6H2,1-3H3,(H,14,19)(H,17,18)/t11-/m0/s1. The molecule has 8 nitrogen and oxygen atoms in total. The predicted molar refractivity (Wildman–Crippen MR) is 70.7 cm³/mol. The molecule has 1 atom stereocenters. The maximum atomic E-state index is 11.5. The summed E-state index contributed by atoms with van der Waals surface area (Å²) < 4.78 is 9.67. The normalized spacial score (nSPS) is 12.0. The molecule has 1 aromatic rings. The molecule has 1 heterocycles. The molecule has 0 spiro atoms. The first kappa shape index (κ1) is 16.7. The van der Waals surface area contributed by atoms with Gasteiger partial charge in [-0.25, -0.2) is 9.59 Å². The van der Waals surface area contributed by atoms with Crippen molar-refractivity contribution in [2.75, 3.05) is 0 Å². The molecule has 0 aliphatic carbocycles. The summed E-state index contributed by atoms with van der Waals surface area (Å²) in [4.78, 5) is 33.8. The summed E-state index contributed by atoms with van der Waals surface area (Å²) in [6, 6.07) is 0.348. The van der Waals surface area contributed by atoms with Gasteiger partial charge in [0.1, 0.15) is 11.7 Å². The Morgan fingerprint density at radius 1 is 1.43 bits per heavy atom. The second-order valence-corrected chi connectivity index (χ2v) is 4.74. The van der Waals surface area contributed by atoms with E-state index in [2.05, 4.69) is 10.5 Å². The molecule has 21 heavy (non-hydrogen) atoms. The molecular formula is C13H18N2O6. The highest BCUT2D eigenvalue weighted by Gasteiger charge is 2.24. The molecule has 0 aliphatic heterocycles. The van der Waals surface area contributed by atoms with Gasteiger partial charge in [0.2, 0.25) is 0 Å². The maximum Gasteiger partial charge on any atom is 0.408 e. The van der Waals surface area contributed by atoms with Gasteiger partial charge >= 0.3 is 12.1 Å². The van der Waals surface area contributed by atoms with Crippen LogP contribution in [0.1, 0.15) is 43.4 Å². The van der Waals surface area contributed by atoms with E-state index in [1.54, 1.807) is 20.8 Å². The van der Waals surface area contributed by atoms with Crippen molar-refractivity contribution in [2.45, 2.75) is 39.8 Å². The molecule has 8 heteroatoms. The predicted octanol–water partition coefficient (Wildman–Crippen LogP) is 1.60. The van der Waals surface area contributed by atoms with Gasteiger partial charge in [-0.1, -0.05) is 25.9 Å². The van der Waals surface area contributed by atoms with Crippen molar-refractivity contribution < 1.29 is 28.8 Å². The molecular weight excluding hydrogens is 280 g/mol. The SMILES string of the molecule is CCC(=O)c1cc(COC(=O)N[C@H](C(=O)O)C(C)C)on1. The Kier molecular flexibility index (Phi) is 5.89. The molecule has 0 bridgehead atoms. The zero-order chi connectivity index (χ0) is 16.0. The van der Waals surface area contributed by atoms with E-state index >= 15 is 0 Å². The molecule has 0 saturated heterocycles. The lowest BCUT2D eigenvalue weighted by Crippen LogP contribution is -2.44.